The fraction of sp³-hybridized carbons (Fsp3) is 0.238. The molecule has 1 aliphatic rings. The average molecular weight is 404 g/mol. The molecule has 0 aromatic heterocycles. The van der Waals surface area contributed by atoms with Crippen molar-refractivity contribution in [1.29, 1.82) is 0 Å². The molecular weight excluding hydrogens is 385 g/mol. The molecule has 0 saturated carbocycles. The van der Waals surface area contributed by atoms with E-state index in [0.29, 0.717) is 15.6 Å². The van der Waals surface area contributed by atoms with Crippen LogP contribution in [-0.4, -0.2) is 29.9 Å². The predicted molar refractivity (Wildman–Crippen MR) is 107 cm³/mol. The van der Waals surface area contributed by atoms with E-state index < -0.39 is 5.97 Å². The van der Waals surface area contributed by atoms with Gasteiger partial charge in [-0.25, -0.2) is 4.79 Å². The Hall–Kier alpha value is -2.30. The highest BCUT2D eigenvalue weighted by molar-refractivity contribution is 6.42. The van der Waals surface area contributed by atoms with E-state index in [1.165, 1.54) is 6.08 Å². The molecule has 2 aromatic carbocycles. The molecule has 0 radical (unpaired) electrons. The van der Waals surface area contributed by atoms with Gasteiger partial charge in [0.05, 0.1) is 10.0 Å². The third kappa shape index (κ3) is 5.34. The molecule has 0 bridgehead atoms. The van der Waals surface area contributed by atoms with Crippen LogP contribution in [-0.2, 0) is 16.1 Å². The van der Waals surface area contributed by atoms with Gasteiger partial charge in [-0.2, -0.15) is 0 Å². The van der Waals surface area contributed by atoms with Gasteiger partial charge in [-0.05, 0) is 54.3 Å². The van der Waals surface area contributed by atoms with Gasteiger partial charge in [0.1, 0.15) is 6.61 Å². The van der Waals surface area contributed by atoms with Crippen LogP contribution in [0.15, 0.2) is 48.5 Å². The quantitative estimate of drug-likeness (QED) is 0.521. The lowest BCUT2D eigenvalue weighted by Gasteiger charge is -2.15. The molecule has 0 atom stereocenters. The monoisotopic (exact) mass is 403 g/mol. The van der Waals surface area contributed by atoms with E-state index in [2.05, 4.69) is 0 Å². The van der Waals surface area contributed by atoms with Crippen molar-refractivity contribution in [2.75, 3.05) is 13.1 Å². The SMILES string of the molecule is O=C(/C=C/c1ccc(Cl)c(Cl)c1)OCc1ccc(C(=O)N2CCCC2)cc1. The van der Waals surface area contributed by atoms with E-state index in [9.17, 15) is 9.59 Å². The molecule has 0 unspecified atom stereocenters. The Morgan fingerprint density at radius 3 is 2.37 bits per heavy atom. The van der Waals surface area contributed by atoms with Crippen LogP contribution in [0.25, 0.3) is 6.08 Å². The summed E-state index contributed by atoms with van der Waals surface area (Å²) in [7, 11) is 0. The fourth-order valence-electron chi connectivity index (χ4n) is 2.83. The minimum Gasteiger partial charge on any atom is -0.458 e. The molecule has 140 valence electrons. The van der Waals surface area contributed by atoms with Crippen molar-refractivity contribution in [1.82, 2.24) is 4.90 Å². The second kappa shape index (κ2) is 9.07. The van der Waals surface area contributed by atoms with Gasteiger partial charge in [0.25, 0.3) is 5.91 Å². The molecule has 1 amide bonds. The van der Waals surface area contributed by atoms with Gasteiger partial charge < -0.3 is 9.64 Å². The van der Waals surface area contributed by atoms with Crippen LogP contribution in [0, 0.1) is 0 Å². The predicted octanol–water partition coefficient (Wildman–Crippen LogP) is 4.99. The smallest absolute Gasteiger partial charge is 0.331 e. The summed E-state index contributed by atoms with van der Waals surface area (Å²) in [6.45, 7) is 1.79. The first-order valence-corrected chi connectivity index (χ1v) is 9.46. The van der Waals surface area contributed by atoms with Crippen LogP contribution in [0.1, 0.15) is 34.3 Å². The number of benzene rings is 2. The summed E-state index contributed by atoms with van der Waals surface area (Å²) in [6, 6.07) is 12.3. The highest BCUT2D eigenvalue weighted by atomic mass is 35.5. The van der Waals surface area contributed by atoms with Crippen molar-refractivity contribution < 1.29 is 14.3 Å². The van der Waals surface area contributed by atoms with Crippen LogP contribution in [0.2, 0.25) is 10.0 Å². The first-order chi connectivity index (χ1) is 13.0. The highest BCUT2D eigenvalue weighted by Crippen LogP contribution is 2.23. The maximum absolute atomic E-state index is 12.3. The van der Waals surface area contributed by atoms with Crippen molar-refractivity contribution >= 4 is 41.2 Å². The number of ether oxygens (including phenoxy) is 1. The molecule has 1 heterocycles. The van der Waals surface area contributed by atoms with Gasteiger partial charge in [0.2, 0.25) is 0 Å². The maximum atomic E-state index is 12.3. The van der Waals surface area contributed by atoms with Crippen molar-refractivity contribution in [3.63, 3.8) is 0 Å². The lowest BCUT2D eigenvalue weighted by molar-refractivity contribution is -0.138. The van der Waals surface area contributed by atoms with Crippen LogP contribution in [0.4, 0.5) is 0 Å². The summed E-state index contributed by atoms with van der Waals surface area (Å²) in [5.41, 5.74) is 2.24. The van der Waals surface area contributed by atoms with Gasteiger partial charge in [0.15, 0.2) is 0 Å². The van der Waals surface area contributed by atoms with Gasteiger partial charge in [-0.15, -0.1) is 0 Å². The van der Waals surface area contributed by atoms with Crippen molar-refractivity contribution in [3.8, 4) is 0 Å². The zero-order valence-electron chi connectivity index (χ0n) is 14.7. The third-order valence-electron chi connectivity index (χ3n) is 4.33. The van der Waals surface area contributed by atoms with Crippen molar-refractivity contribution in [3.05, 3.63) is 75.3 Å². The molecule has 0 aliphatic carbocycles. The lowest BCUT2D eigenvalue weighted by atomic mass is 10.1. The number of hydrogen-bond donors (Lipinski definition) is 0. The molecule has 4 nitrogen and oxygen atoms in total. The molecule has 1 aliphatic heterocycles. The second-order valence-electron chi connectivity index (χ2n) is 6.31. The number of nitrogens with zero attached hydrogens (tertiary/aromatic N) is 1. The minimum atomic E-state index is -0.460. The van der Waals surface area contributed by atoms with Crippen LogP contribution in [0.3, 0.4) is 0 Å². The zero-order valence-corrected chi connectivity index (χ0v) is 16.2. The first-order valence-electron chi connectivity index (χ1n) is 8.71. The van der Waals surface area contributed by atoms with E-state index in [1.54, 1.807) is 48.5 Å². The van der Waals surface area contributed by atoms with E-state index in [1.807, 2.05) is 4.90 Å². The Kier molecular flexibility index (Phi) is 6.54. The topological polar surface area (TPSA) is 46.6 Å². The van der Waals surface area contributed by atoms with Crippen molar-refractivity contribution in [2.45, 2.75) is 19.4 Å². The van der Waals surface area contributed by atoms with E-state index in [4.69, 9.17) is 27.9 Å². The number of amides is 1. The Bertz CT molecular complexity index is 856. The minimum absolute atomic E-state index is 0.0561. The van der Waals surface area contributed by atoms with Gasteiger partial charge in [-0.3, -0.25) is 4.79 Å². The number of carbonyl (C=O) groups excluding carboxylic acids is 2. The normalized spacial score (nSPS) is 13.9. The van der Waals surface area contributed by atoms with Crippen LogP contribution in [0.5, 0.6) is 0 Å². The number of halogens is 2. The summed E-state index contributed by atoms with van der Waals surface area (Å²) in [5, 5.41) is 0.888. The number of hydrogen-bond acceptors (Lipinski definition) is 3. The molecular formula is C21H19Cl2NO3. The molecule has 3 rings (SSSR count). The number of carbonyl (C=O) groups is 2. The Morgan fingerprint density at radius 1 is 1.00 bits per heavy atom. The second-order valence-corrected chi connectivity index (χ2v) is 7.13. The summed E-state index contributed by atoms with van der Waals surface area (Å²) in [6.07, 6.45) is 5.08. The Balaban J connectivity index is 1.51. The molecule has 2 aromatic rings. The third-order valence-corrected chi connectivity index (χ3v) is 5.07. The lowest BCUT2D eigenvalue weighted by Crippen LogP contribution is -2.27. The molecule has 1 fully saturated rings. The molecule has 0 N–H and O–H groups in total. The van der Waals surface area contributed by atoms with E-state index in [0.717, 1.165) is 37.1 Å². The largest absolute Gasteiger partial charge is 0.458 e. The summed E-state index contributed by atoms with van der Waals surface area (Å²) >= 11 is 11.8. The molecule has 6 heteroatoms. The van der Waals surface area contributed by atoms with E-state index >= 15 is 0 Å². The Morgan fingerprint density at radius 2 is 1.70 bits per heavy atom. The number of rotatable bonds is 5. The van der Waals surface area contributed by atoms with E-state index in [-0.39, 0.29) is 12.5 Å². The number of likely N-dealkylation sites (tertiary alicyclic amines) is 1. The standard InChI is InChI=1S/C21H19Cl2NO3/c22-18-9-5-15(13-19(18)23)6-10-20(25)27-14-16-3-7-17(8-4-16)21(26)24-11-1-2-12-24/h3-10,13H,1-2,11-12,14H2/b10-6+. The maximum Gasteiger partial charge on any atom is 0.331 e. The fourth-order valence-corrected chi connectivity index (χ4v) is 3.14. The van der Waals surface area contributed by atoms with Gasteiger partial charge in [-0.1, -0.05) is 41.4 Å². The molecule has 0 spiro atoms. The Labute approximate surface area is 168 Å². The van der Waals surface area contributed by atoms with Crippen LogP contribution >= 0.6 is 23.2 Å². The van der Waals surface area contributed by atoms with Crippen molar-refractivity contribution in [2.24, 2.45) is 0 Å². The summed E-state index contributed by atoms with van der Waals surface area (Å²) < 4.78 is 5.22. The molecule has 27 heavy (non-hydrogen) atoms. The summed E-state index contributed by atoms with van der Waals surface area (Å²) in [5.74, 6) is -0.404. The van der Waals surface area contributed by atoms with Crippen LogP contribution < -0.4 is 0 Å². The average Bonchev–Trinajstić information content (AvgIpc) is 3.22. The van der Waals surface area contributed by atoms with Gasteiger partial charge in [0, 0.05) is 24.7 Å². The zero-order chi connectivity index (χ0) is 19.2. The number of esters is 1. The highest BCUT2D eigenvalue weighted by Gasteiger charge is 2.19. The van der Waals surface area contributed by atoms with Gasteiger partial charge >= 0.3 is 5.97 Å². The molecule has 1 saturated heterocycles. The summed E-state index contributed by atoms with van der Waals surface area (Å²) in [4.78, 5) is 26.0. The first kappa shape index (κ1) is 19.5.